The van der Waals surface area contributed by atoms with E-state index in [1.165, 1.54) is 24.1 Å². The Hall–Kier alpha value is -2.10. The second-order valence-electron chi connectivity index (χ2n) is 8.99. The fourth-order valence-corrected chi connectivity index (χ4v) is 5.29. The van der Waals surface area contributed by atoms with Gasteiger partial charge in [0, 0.05) is 18.3 Å². The van der Waals surface area contributed by atoms with Crippen molar-refractivity contribution in [1.29, 1.82) is 0 Å². The molecule has 156 valence electrons. The minimum Gasteiger partial charge on any atom is -0.349 e. The minimum absolute atomic E-state index is 0.0921. The Morgan fingerprint density at radius 3 is 2.45 bits per heavy atom. The summed E-state index contributed by atoms with van der Waals surface area (Å²) in [6.45, 7) is 2.87. The molecule has 1 N–H and O–H groups in total. The number of aryl methyl sites for hydroxylation is 1. The molecule has 0 bridgehead atoms. The average Bonchev–Trinajstić information content (AvgIpc) is 3.10. The number of aromatic nitrogens is 1. The number of fused-ring (bicyclic) bond motifs is 2. The Balaban J connectivity index is 1.59. The molecule has 1 aromatic rings. The molecule has 0 radical (unpaired) electrons. The van der Waals surface area contributed by atoms with E-state index in [2.05, 4.69) is 36.5 Å². The van der Waals surface area contributed by atoms with Crippen LogP contribution < -0.4 is 10.9 Å². The average molecular weight is 395 g/mol. The second kappa shape index (κ2) is 9.15. The van der Waals surface area contributed by atoms with Gasteiger partial charge >= 0.3 is 0 Å². The van der Waals surface area contributed by atoms with E-state index in [4.69, 9.17) is 0 Å². The maximum Gasteiger partial charge on any atom is 0.263 e. The van der Waals surface area contributed by atoms with Gasteiger partial charge in [-0.15, -0.1) is 0 Å². The number of amides is 1. The van der Waals surface area contributed by atoms with Crippen LogP contribution in [-0.2, 0) is 19.4 Å². The maximum absolute atomic E-state index is 13.3. The number of carbonyl (C=O) groups is 1. The molecule has 0 aliphatic heterocycles. The van der Waals surface area contributed by atoms with E-state index in [1.807, 2.05) is 10.6 Å². The van der Waals surface area contributed by atoms with Crippen LogP contribution in [0.2, 0.25) is 0 Å². The second-order valence-corrected chi connectivity index (χ2v) is 8.99. The molecule has 3 aliphatic carbocycles. The zero-order valence-corrected chi connectivity index (χ0v) is 17.7. The summed E-state index contributed by atoms with van der Waals surface area (Å²) in [5.74, 6) is 0.853. The number of rotatable bonds is 5. The van der Waals surface area contributed by atoms with Gasteiger partial charge in [-0.25, -0.2) is 0 Å². The molecule has 29 heavy (non-hydrogen) atoms. The molecule has 2 atom stereocenters. The van der Waals surface area contributed by atoms with E-state index in [0.29, 0.717) is 17.4 Å². The number of unbranched alkanes of at least 4 members (excludes halogenated alkanes) is 1. The van der Waals surface area contributed by atoms with Crippen molar-refractivity contribution in [2.24, 2.45) is 11.8 Å². The Bertz CT molecular complexity index is 844. The monoisotopic (exact) mass is 394 g/mol. The Labute approximate surface area is 174 Å². The Morgan fingerprint density at radius 2 is 1.76 bits per heavy atom. The molecule has 1 heterocycles. The summed E-state index contributed by atoms with van der Waals surface area (Å²) in [5.41, 5.74) is 2.66. The largest absolute Gasteiger partial charge is 0.349 e. The van der Waals surface area contributed by atoms with Crippen LogP contribution in [0.5, 0.6) is 0 Å². The van der Waals surface area contributed by atoms with Crippen molar-refractivity contribution in [1.82, 2.24) is 9.88 Å². The van der Waals surface area contributed by atoms with Crippen LogP contribution in [-0.4, -0.2) is 16.5 Å². The summed E-state index contributed by atoms with van der Waals surface area (Å²) < 4.78 is 1.93. The third-order valence-corrected chi connectivity index (χ3v) is 6.91. The van der Waals surface area contributed by atoms with E-state index in [-0.39, 0.29) is 17.5 Å². The molecule has 1 aromatic heterocycles. The zero-order valence-electron chi connectivity index (χ0n) is 17.7. The molecule has 2 unspecified atom stereocenters. The number of carbonyl (C=O) groups excluding carboxylic acids is 1. The number of allylic oxidation sites excluding steroid dienone is 4. The quantitative estimate of drug-likeness (QED) is 0.796. The van der Waals surface area contributed by atoms with Gasteiger partial charge in [-0.3, -0.25) is 9.59 Å². The lowest BCUT2D eigenvalue weighted by molar-refractivity contribution is 0.0934. The van der Waals surface area contributed by atoms with Crippen molar-refractivity contribution in [3.05, 3.63) is 57.5 Å². The first-order valence-corrected chi connectivity index (χ1v) is 11.6. The summed E-state index contributed by atoms with van der Waals surface area (Å²) in [4.78, 5) is 26.4. The fraction of sp³-hybridized carbons (Fsp3) is 0.600. The van der Waals surface area contributed by atoms with E-state index < -0.39 is 0 Å². The van der Waals surface area contributed by atoms with Crippen molar-refractivity contribution in [2.75, 3.05) is 0 Å². The van der Waals surface area contributed by atoms with Crippen LogP contribution in [0.3, 0.4) is 0 Å². The van der Waals surface area contributed by atoms with E-state index >= 15 is 0 Å². The Kier molecular flexibility index (Phi) is 6.37. The summed E-state index contributed by atoms with van der Waals surface area (Å²) in [7, 11) is 0. The SMILES string of the molecule is CCCCn1c2c(cc(C(=O)NC3CC4C=CC=CC4C3)c1=O)CCCCCC2. The molecule has 3 aliphatic rings. The molecule has 0 saturated heterocycles. The van der Waals surface area contributed by atoms with Gasteiger partial charge in [0.05, 0.1) is 0 Å². The lowest BCUT2D eigenvalue weighted by atomic mass is 9.92. The van der Waals surface area contributed by atoms with Crippen LogP contribution in [0.1, 0.15) is 79.9 Å². The van der Waals surface area contributed by atoms with E-state index in [9.17, 15) is 9.59 Å². The van der Waals surface area contributed by atoms with Crippen LogP contribution in [0, 0.1) is 11.8 Å². The van der Waals surface area contributed by atoms with Gasteiger partial charge in [-0.05, 0) is 68.4 Å². The predicted octanol–water partition coefficient (Wildman–Crippen LogP) is 4.56. The Morgan fingerprint density at radius 1 is 1.07 bits per heavy atom. The van der Waals surface area contributed by atoms with Crippen LogP contribution in [0.15, 0.2) is 35.2 Å². The predicted molar refractivity (Wildman–Crippen MR) is 117 cm³/mol. The van der Waals surface area contributed by atoms with Crippen molar-refractivity contribution in [3.8, 4) is 0 Å². The highest BCUT2D eigenvalue weighted by molar-refractivity contribution is 5.94. The smallest absolute Gasteiger partial charge is 0.263 e. The first-order chi connectivity index (χ1) is 14.2. The number of pyridine rings is 1. The summed E-state index contributed by atoms with van der Waals surface area (Å²) in [6.07, 6.45) is 19.3. The van der Waals surface area contributed by atoms with Crippen molar-refractivity contribution < 1.29 is 4.79 Å². The molecule has 4 nitrogen and oxygen atoms in total. The number of nitrogens with one attached hydrogen (secondary N) is 1. The zero-order chi connectivity index (χ0) is 20.2. The van der Waals surface area contributed by atoms with Gasteiger partial charge in [0.2, 0.25) is 0 Å². The van der Waals surface area contributed by atoms with Crippen molar-refractivity contribution in [3.63, 3.8) is 0 Å². The molecule has 4 heteroatoms. The standard InChI is InChI=1S/C25H34N2O2/c1-2-3-14-27-23-13-7-5-4-6-12-20(23)17-22(25(27)29)24(28)26-21-15-18-10-8-9-11-19(18)16-21/h8-11,17-19,21H,2-7,12-16H2,1H3,(H,26,28). The van der Waals surface area contributed by atoms with Gasteiger partial charge in [-0.2, -0.15) is 0 Å². The van der Waals surface area contributed by atoms with Crippen LogP contribution >= 0.6 is 0 Å². The fourth-order valence-electron chi connectivity index (χ4n) is 5.29. The molecule has 1 amide bonds. The molecular weight excluding hydrogens is 360 g/mol. The number of hydrogen-bond acceptors (Lipinski definition) is 2. The summed E-state index contributed by atoms with van der Waals surface area (Å²) >= 11 is 0. The van der Waals surface area contributed by atoms with Crippen LogP contribution in [0.4, 0.5) is 0 Å². The minimum atomic E-state index is -0.179. The summed E-state index contributed by atoms with van der Waals surface area (Å²) in [5, 5.41) is 3.19. The maximum atomic E-state index is 13.3. The lowest BCUT2D eigenvalue weighted by Crippen LogP contribution is -2.39. The summed E-state index contributed by atoms with van der Waals surface area (Å²) in [6, 6.07) is 2.07. The van der Waals surface area contributed by atoms with E-state index in [0.717, 1.165) is 57.9 Å². The molecule has 0 spiro atoms. The lowest BCUT2D eigenvalue weighted by Gasteiger charge is -2.21. The highest BCUT2D eigenvalue weighted by atomic mass is 16.2. The van der Waals surface area contributed by atoms with Gasteiger partial charge in [0.1, 0.15) is 5.56 Å². The first-order valence-electron chi connectivity index (χ1n) is 11.6. The van der Waals surface area contributed by atoms with Gasteiger partial charge in [0.15, 0.2) is 0 Å². The molecule has 4 rings (SSSR count). The van der Waals surface area contributed by atoms with Gasteiger partial charge in [-0.1, -0.05) is 50.5 Å². The third kappa shape index (κ3) is 4.41. The van der Waals surface area contributed by atoms with Crippen molar-refractivity contribution in [2.45, 2.75) is 83.7 Å². The number of nitrogens with zero attached hydrogens (tertiary/aromatic N) is 1. The highest BCUT2D eigenvalue weighted by Gasteiger charge is 2.33. The highest BCUT2D eigenvalue weighted by Crippen LogP contribution is 2.36. The molecule has 0 aromatic carbocycles. The molecule has 1 saturated carbocycles. The van der Waals surface area contributed by atoms with Gasteiger partial charge < -0.3 is 9.88 Å². The van der Waals surface area contributed by atoms with Crippen molar-refractivity contribution >= 4 is 5.91 Å². The normalized spacial score (nSPS) is 25.8. The van der Waals surface area contributed by atoms with E-state index in [1.54, 1.807) is 0 Å². The topological polar surface area (TPSA) is 51.1 Å². The number of hydrogen-bond donors (Lipinski definition) is 1. The molecule has 1 fully saturated rings. The molecular formula is C25H34N2O2. The third-order valence-electron chi connectivity index (χ3n) is 6.91. The first kappa shape index (κ1) is 20.2. The van der Waals surface area contributed by atoms with Gasteiger partial charge in [0.25, 0.3) is 11.5 Å². The van der Waals surface area contributed by atoms with Crippen LogP contribution in [0.25, 0.3) is 0 Å².